The number of hydrogen-bond donors (Lipinski definition) is 1. The fourth-order valence-corrected chi connectivity index (χ4v) is 8.33. The van der Waals surface area contributed by atoms with Crippen molar-refractivity contribution in [1.29, 1.82) is 5.26 Å². The lowest BCUT2D eigenvalue weighted by molar-refractivity contribution is -0.0928. The molecule has 4 aliphatic rings. The molecule has 3 aliphatic heterocycles. The van der Waals surface area contributed by atoms with Crippen molar-refractivity contribution in [1.82, 2.24) is 29.8 Å². The van der Waals surface area contributed by atoms with E-state index in [1.807, 2.05) is 43.3 Å². The van der Waals surface area contributed by atoms with Crippen molar-refractivity contribution in [2.75, 3.05) is 44.2 Å². The highest BCUT2D eigenvalue weighted by atomic mass is 35.5. The standard InChI is InChI=1S/C35H47ClN8O3/c1-7-34(6)19-38-11-12-42(34)31-29(28-24-18-39-44(27-10-8-9-13-46-27)25(24)14-22(2)30(28)36)26(17-37)43(40-31)23-15-35(16-23)20-41(21-35)32(45)47-33(3,4)5/h14,18,23,27,38H,7-13,15-16,19-21H2,1-6H3/t27?,34-/m0/s1. The molecule has 4 fully saturated rings. The number of rotatable bonds is 5. The Hall–Kier alpha value is -3.33. The minimum atomic E-state index is -0.523. The van der Waals surface area contributed by atoms with Crippen molar-refractivity contribution in [2.24, 2.45) is 5.41 Å². The van der Waals surface area contributed by atoms with E-state index in [4.69, 9.17) is 31.3 Å². The normalized spacial score (nSPS) is 24.7. The quantitative estimate of drug-likeness (QED) is 0.326. The average Bonchev–Trinajstić information content (AvgIpc) is 3.57. The lowest BCUT2D eigenvalue weighted by atomic mass is 9.61. The van der Waals surface area contributed by atoms with E-state index in [0.29, 0.717) is 23.8 Å². The largest absolute Gasteiger partial charge is 0.444 e. The molecule has 252 valence electrons. The fourth-order valence-electron chi connectivity index (χ4n) is 8.08. The lowest BCUT2D eigenvalue weighted by Crippen LogP contribution is -2.64. The van der Waals surface area contributed by atoms with Gasteiger partial charge in [-0.25, -0.2) is 14.2 Å². The maximum absolute atomic E-state index is 12.7. The van der Waals surface area contributed by atoms with E-state index in [1.54, 1.807) is 4.90 Å². The SMILES string of the molecule is CC[C@@]1(C)CNCCN1c1nn(C2CC3(C2)CN(C(=O)OC(C)(C)C)C3)c(C#N)c1-c1c(Cl)c(C)cc2c1cnn2C1CCCCO1. The predicted octanol–water partition coefficient (Wildman–Crippen LogP) is 6.58. The Kier molecular flexibility index (Phi) is 8.00. The summed E-state index contributed by atoms with van der Waals surface area (Å²) in [6.07, 6.45) is 7.16. The molecule has 1 spiro atoms. The molecule has 1 amide bonds. The van der Waals surface area contributed by atoms with Crippen LogP contribution in [0.1, 0.15) is 96.7 Å². The number of halogens is 1. The predicted molar refractivity (Wildman–Crippen MR) is 182 cm³/mol. The molecular weight excluding hydrogens is 616 g/mol. The van der Waals surface area contributed by atoms with Gasteiger partial charge in [-0.2, -0.15) is 15.5 Å². The number of nitriles is 1. The Morgan fingerprint density at radius 2 is 2.00 bits per heavy atom. The first-order valence-electron chi connectivity index (χ1n) is 17.1. The van der Waals surface area contributed by atoms with E-state index < -0.39 is 5.60 Å². The summed E-state index contributed by atoms with van der Waals surface area (Å²) in [5, 5.41) is 26.1. The molecule has 3 aromatic rings. The highest BCUT2D eigenvalue weighted by Crippen LogP contribution is 2.56. The third-order valence-corrected chi connectivity index (χ3v) is 11.3. The smallest absolute Gasteiger partial charge is 0.410 e. The van der Waals surface area contributed by atoms with Crippen molar-refractivity contribution in [3.63, 3.8) is 0 Å². The van der Waals surface area contributed by atoms with Crippen LogP contribution >= 0.6 is 11.6 Å². The molecule has 5 heterocycles. The summed E-state index contributed by atoms with van der Waals surface area (Å²) in [4.78, 5) is 16.8. The zero-order valence-electron chi connectivity index (χ0n) is 28.5. The van der Waals surface area contributed by atoms with Gasteiger partial charge in [0, 0.05) is 55.7 Å². The second-order valence-electron chi connectivity index (χ2n) is 15.4. The summed E-state index contributed by atoms with van der Waals surface area (Å²) in [5.74, 6) is 0.799. The molecule has 1 aliphatic carbocycles. The van der Waals surface area contributed by atoms with Crippen LogP contribution in [0.4, 0.5) is 10.6 Å². The topological polar surface area (TPSA) is 113 Å². The summed E-state index contributed by atoms with van der Waals surface area (Å²) < 4.78 is 15.7. The molecule has 1 saturated carbocycles. The Balaban J connectivity index is 1.31. The Bertz CT molecular complexity index is 1730. The number of hydrogen-bond acceptors (Lipinski definition) is 8. The van der Waals surface area contributed by atoms with E-state index in [2.05, 4.69) is 36.2 Å². The summed E-state index contributed by atoms with van der Waals surface area (Å²) in [7, 11) is 0. The molecule has 2 aromatic heterocycles. The second kappa shape index (κ2) is 11.7. The number of nitrogens with zero attached hydrogens (tertiary/aromatic N) is 7. The summed E-state index contributed by atoms with van der Waals surface area (Å²) in [6, 6.07) is 4.71. The summed E-state index contributed by atoms with van der Waals surface area (Å²) in [6.45, 7) is 16.6. The molecule has 47 heavy (non-hydrogen) atoms. The molecule has 11 nitrogen and oxygen atoms in total. The molecule has 1 aromatic carbocycles. The molecule has 0 radical (unpaired) electrons. The van der Waals surface area contributed by atoms with Crippen molar-refractivity contribution >= 4 is 34.4 Å². The van der Waals surface area contributed by atoms with Gasteiger partial charge in [0.2, 0.25) is 0 Å². The third-order valence-electron chi connectivity index (χ3n) is 10.8. The highest BCUT2D eigenvalue weighted by Gasteiger charge is 2.56. The monoisotopic (exact) mass is 662 g/mol. The van der Waals surface area contributed by atoms with Crippen molar-refractivity contribution < 1.29 is 14.3 Å². The molecule has 1 unspecified atom stereocenters. The number of aryl methyl sites for hydroxylation is 1. The van der Waals surface area contributed by atoms with Crippen LogP contribution in [0.25, 0.3) is 22.0 Å². The number of carbonyl (C=O) groups is 1. The van der Waals surface area contributed by atoms with E-state index >= 15 is 0 Å². The van der Waals surface area contributed by atoms with Crippen LogP contribution in [0.3, 0.4) is 0 Å². The molecular formula is C35H47ClN8O3. The van der Waals surface area contributed by atoms with E-state index in [-0.39, 0.29) is 29.3 Å². The summed E-state index contributed by atoms with van der Waals surface area (Å²) >= 11 is 7.26. The number of amides is 1. The first-order chi connectivity index (χ1) is 22.4. The number of aromatic nitrogens is 4. The Labute approximate surface area is 282 Å². The number of carbonyl (C=O) groups excluding carboxylic acids is 1. The number of ether oxygens (including phenoxy) is 2. The van der Waals surface area contributed by atoms with E-state index in [9.17, 15) is 10.1 Å². The maximum Gasteiger partial charge on any atom is 0.410 e. The van der Waals surface area contributed by atoms with E-state index in [0.717, 1.165) is 98.2 Å². The van der Waals surface area contributed by atoms with Crippen molar-refractivity contribution in [3.8, 4) is 17.2 Å². The summed E-state index contributed by atoms with van der Waals surface area (Å²) in [5.41, 5.74) is 3.30. The van der Waals surface area contributed by atoms with Gasteiger partial charge in [0.15, 0.2) is 12.0 Å². The fraction of sp³-hybridized carbons (Fsp3) is 0.657. The third kappa shape index (κ3) is 5.46. The van der Waals surface area contributed by atoms with Gasteiger partial charge < -0.3 is 24.6 Å². The van der Waals surface area contributed by atoms with Gasteiger partial charge in [-0.05, 0) is 84.8 Å². The van der Waals surface area contributed by atoms with Crippen molar-refractivity contribution in [2.45, 2.75) is 103 Å². The average molecular weight is 663 g/mol. The van der Waals surface area contributed by atoms with Gasteiger partial charge in [-0.3, -0.25) is 0 Å². The van der Waals surface area contributed by atoms with Crippen LogP contribution in [-0.4, -0.2) is 81.0 Å². The van der Waals surface area contributed by atoms with Gasteiger partial charge in [-0.1, -0.05) is 18.5 Å². The van der Waals surface area contributed by atoms with Gasteiger partial charge in [0.1, 0.15) is 17.4 Å². The molecule has 3 saturated heterocycles. The minimum absolute atomic E-state index is 0.0307. The number of anilines is 1. The Morgan fingerprint density at radius 1 is 1.23 bits per heavy atom. The number of benzene rings is 1. The number of fused-ring (bicyclic) bond motifs is 1. The zero-order chi connectivity index (χ0) is 33.3. The van der Waals surface area contributed by atoms with Crippen molar-refractivity contribution in [3.05, 3.63) is 28.5 Å². The molecule has 7 rings (SSSR count). The Morgan fingerprint density at radius 3 is 2.66 bits per heavy atom. The van der Waals surface area contributed by atoms with Crippen LogP contribution in [-0.2, 0) is 9.47 Å². The molecule has 0 bridgehead atoms. The maximum atomic E-state index is 12.7. The van der Waals surface area contributed by atoms with Crippen LogP contribution in [0.15, 0.2) is 12.3 Å². The van der Waals surface area contributed by atoms with Gasteiger partial charge >= 0.3 is 6.09 Å². The van der Waals surface area contributed by atoms with Crippen LogP contribution in [0, 0.1) is 23.7 Å². The van der Waals surface area contributed by atoms with Gasteiger partial charge in [0.25, 0.3) is 0 Å². The minimum Gasteiger partial charge on any atom is -0.444 e. The molecule has 12 heteroatoms. The number of likely N-dealkylation sites (tertiary alicyclic amines) is 1. The van der Waals surface area contributed by atoms with Crippen LogP contribution in [0.5, 0.6) is 0 Å². The number of piperazine rings is 1. The zero-order valence-corrected chi connectivity index (χ0v) is 29.3. The highest BCUT2D eigenvalue weighted by molar-refractivity contribution is 6.36. The second-order valence-corrected chi connectivity index (χ2v) is 15.8. The van der Waals surface area contributed by atoms with E-state index in [1.165, 1.54) is 0 Å². The molecule has 1 N–H and O–H groups in total. The lowest BCUT2D eigenvalue weighted by Gasteiger charge is -2.58. The first kappa shape index (κ1) is 32.2. The van der Waals surface area contributed by atoms with Gasteiger partial charge in [0.05, 0.1) is 33.9 Å². The van der Waals surface area contributed by atoms with Gasteiger partial charge in [-0.15, -0.1) is 0 Å². The number of nitrogens with one attached hydrogen (secondary N) is 1. The first-order valence-corrected chi connectivity index (χ1v) is 17.5. The molecule has 2 atom stereocenters. The van der Waals surface area contributed by atoms with Crippen LogP contribution in [0.2, 0.25) is 5.02 Å². The van der Waals surface area contributed by atoms with Crippen LogP contribution < -0.4 is 10.2 Å².